The fraction of sp³-hybridized carbons (Fsp3) is 0.528. The molecule has 5 aliphatic rings. The molecule has 0 radical (unpaired) electrons. The molecule has 28 heteroatoms. The van der Waals surface area contributed by atoms with Crippen molar-refractivity contribution in [1.82, 2.24) is 52.8 Å². The highest BCUT2D eigenvalue weighted by molar-refractivity contribution is 8.00. The Hall–Kier alpha value is -9.96. The highest BCUT2D eigenvalue weighted by atomic mass is 32.2. The van der Waals surface area contributed by atoms with Crippen molar-refractivity contribution < 1.29 is 76.5 Å². The molecule has 4 unspecified atom stereocenters. The van der Waals surface area contributed by atoms with Gasteiger partial charge in [0.25, 0.3) is 0 Å². The number of amides is 10. The number of unbranched alkanes of at least 4 members (excludes halogenated alkanes) is 4. The quantitative estimate of drug-likeness (QED) is 0.00993. The van der Waals surface area contributed by atoms with E-state index in [1.54, 1.807) is 20.8 Å². The van der Waals surface area contributed by atoms with Gasteiger partial charge in [-0.3, -0.25) is 43.3 Å². The summed E-state index contributed by atoms with van der Waals surface area (Å²) in [7, 11) is 0. The molecule has 2 aliphatic carbocycles. The number of ketones is 3. The number of thioether (sulfide) groups is 2. The number of nitrogens with one attached hydrogen (secondary N) is 9. The molecule has 630 valence electrons. The monoisotopic (exact) mass is 1640 g/mol. The van der Waals surface area contributed by atoms with Crippen LogP contribution < -0.4 is 52.6 Å². The fourth-order valence-electron chi connectivity index (χ4n) is 15.7. The van der Waals surface area contributed by atoms with Crippen molar-refractivity contribution in [3.8, 4) is 28.0 Å². The molecule has 3 aliphatic heterocycles. The maximum absolute atomic E-state index is 14.6. The van der Waals surface area contributed by atoms with Crippen LogP contribution in [0.3, 0.4) is 0 Å². The number of carbonyl (C=O) groups is 12. The van der Waals surface area contributed by atoms with Crippen LogP contribution in [-0.2, 0) is 59.0 Å². The Bertz CT molecular complexity index is 4210. The molecular weight excluding hydrogens is 1530 g/mol. The smallest absolute Gasteiger partial charge is 0.411 e. The SMILES string of the molecule is CCCC(=O)[C@H](Cc1ccc(OC(C)(C)C)cc1)NC(=O)[C@H](CCCCNC(=O)CCCCC1SCC2NC(=O)NC21)CC(=O)CNC(=O)[C@H](CCCCNC(=O)[C@H](CCCCNC(=O)OCC1c2ccccc2-c2ccccc21)NC(=O)OCC1c2ccccc2-c2ccccc21)CC(=O)CNC(=O)C1CSCN1C(=O)OC(C)(C)C. The molecule has 0 spiro atoms. The Kier molecular flexibility index (Phi) is 33.2. The molecule has 9 N–H and O–H groups in total. The molecule has 117 heavy (non-hydrogen) atoms. The molecule has 0 aromatic heterocycles. The molecule has 0 bridgehead atoms. The van der Waals surface area contributed by atoms with E-state index >= 15 is 0 Å². The van der Waals surface area contributed by atoms with Gasteiger partial charge in [-0.15, -0.1) is 11.8 Å². The minimum Gasteiger partial charge on any atom is -0.488 e. The average molecular weight is 1650 g/mol. The Morgan fingerprint density at radius 1 is 0.530 bits per heavy atom. The van der Waals surface area contributed by atoms with Crippen LogP contribution in [0.4, 0.5) is 19.2 Å². The first-order valence-corrected chi connectivity index (χ1v) is 43.6. The lowest BCUT2D eigenvalue weighted by Gasteiger charge is -2.27. The second kappa shape index (κ2) is 43.5. The van der Waals surface area contributed by atoms with E-state index in [4.69, 9.17) is 18.9 Å². The molecule has 3 heterocycles. The molecule has 5 aromatic rings. The van der Waals surface area contributed by atoms with Crippen LogP contribution in [0.15, 0.2) is 121 Å². The third kappa shape index (κ3) is 26.8. The first-order valence-electron chi connectivity index (χ1n) is 41.4. The third-order valence-corrected chi connectivity index (χ3v) is 24.1. The van der Waals surface area contributed by atoms with E-state index in [0.717, 1.165) is 68.7 Å². The first kappa shape index (κ1) is 89.4. The predicted octanol–water partition coefficient (Wildman–Crippen LogP) is 11.9. The van der Waals surface area contributed by atoms with Crippen LogP contribution in [0, 0.1) is 11.8 Å². The summed E-state index contributed by atoms with van der Waals surface area (Å²) in [5, 5.41) is 26.2. The van der Waals surface area contributed by atoms with Gasteiger partial charge in [0.05, 0.1) is 37.1 Å². The number of Topliss-reactive ketones (excluding diaryl/α,β-unsaturated/α-hetero) is 3. The second-order valence-corrected chi connectivity index (χ2v) is 35.2. The summed E-state index contributed by atoms with van der Waals surface area (Å²) in [6.07, 6.45) is 3.58. The molecule has 3 saturated heterocycles. The lowest BCUT2D eigenvalue weighted by atomic mass is 9.92. The van der Waals surface area contributed by atoms with E-state index in [-0.39, 0.29) is 136 Å². The minimum absolute atomic E-state index is 0.00446. The zero-order valence-corrected chi connectivity index (χ0v) is 70.0. The number of benzene rings is 5. The van der Waals surface area contributed by atoms with Gasteiger partial charge in [0, 0.05) is 85.7 Å². The number of carbonyl (C=O) groups excluding carboxylic acids is 12. The largest absolute Gasteiger partial charge is 0.488 e. The van der Waals surface area contributed by atoms with Crippen LogP contribution in [0.5, 0.6) is 5.75 Å². The maximum atomic E-state index is 14.6. The van der Waals surface area contributed by atoms with Crippen molar-refractivity contribution >= 4 is 94.7 Å². The van der Waals surface area contributed by atoms with E-state index in [1.807, 2.05) is 149 Å². The number of hydrogen-bond acceptors (Lipinski definition) is 18. The first-order chi connectivity index (χ1) is 56.2. The van der Waals surface area contributed by atoms with E-state index in [9.17, 15) is 57.5 Å². The van der Waals surface area contributed by atoms with Crippen LogP contribution in [0.25, 0.3) is 22.3 Å². The summed E-state index contributed by atoms with van der Waals surface area (Å²) >= 11 is 3.18. The molecule has 10 rings (SSSR count). The lowest BCUT2D eigenvalue weighted by Crippen LogP contribution is -2.49. The maximum Gasteiger partial charge on any atom is 0.411 e. The topological polar surface area (TPSA) is 353 Å². The summed E-state index contributed by atoms with van der Waals surface area (Å²) in [6.45, 7) is 12.6. The highest BCUT2D eigenvalue weighted by Gasteiger charge is 2.43. The number of urea groups is 1. The average Bonchev–Trinajstić information content (AvgIpc) is 1.62. The molecule has 0 saturated carbocycles. The van der Waals surface area contributed by atoms with E-state index < -0.39 is 108 Å². The van der Waals surface area contributed by atoms with Crippen molar-refractivity contribution in [3.63, 3.8) is 0 Å². The Morgan fingerprint density at radius 2 is 1.07 bits per heavy atom. The number of hydrogen-bond donors (Lipinski definition) is 9. The van der Waals surface area contributed by atoms with Gasteiger partial charge < -0.3 is 66.8 Å². The minimum atomic E-state index is -1.07. The zero-order chi connectivity index (χ0) is 83.6. The Balaban J connectivity index is 0.763. The summed E-state index contributed by atoms with van der Waals surface area (Å²) in [4.78, 5) is 165. The van der Waals surface area contributed by atoms with Crippen LogP contribution >= 0.6 is 23.5 Å². The van der Waals surface area contributed by atoms with Gasteiger partial charge in [-0.1, -0.05) is 135 Å². The number of alkyl carbamates (subject to hydrolysis) is 2. The highest BCUT2D eigenvalue weighted by Crippen LogP contribution is 2.46. The van der Waals surface area contributed by atoms with Gasteiger partial charge in [0.2, 0.25) is 29.5 Å². The lowest BCUT2D eigenvalue weighted by molar-refractivity contribution is -0.133. The Labute approximate surface area is 695 Å². The summed E-state index contributed by atoms with van der Waals surface area (Å²) < 4.78 is 23.2. The number of rotatable bonds is 44. The molecule has 3 fully saturated rings. The van der Waals surface area contributed by atoms with Gasteiger partial charge in [0.15, 0.2) is 17.3 Å². The zero-order valence-electron chi connectivity index (χ0n) is 68.4. The van der Waals surface area contributed by atoms with Gasteiger partial charge in [-0.2, -0.15) is 11.8 Å². The van der Waals surface area contributed by atoms with E-state index in [1.165, 1.54) is 16.7 Å². The van der Waals surface area contributed by atoms with Crippen molar-refractivity contribution in [1.29, 1.82) is 0 Å². The molecule has 26 nitrogen and oxygen atoms in total. The van der Waals surface area contributed by atoms with Gasteiger partial charge in [-0.25, -0.2) is 19.2 Å². The summed E-state index contributed by atoms with van der Waals surface area (Å²) in [5.74, 6) is -4.00. The van der Waals surface area contributed by atoms with Gasteiger partial charge in [-0.05, 0) is 174 Å². The predicted molar refractivity (Wildman–Crippen MR) is 450 cm³/mol. The number of ether oxygens (including phenoxy) is 4. The van der Waals surface area contributed by atoms with Crippen LogP contribution in [-0.4, -0.2) is 186 Å². The van der Waals surface area contributed by atoms with Crippen LogP contribution in [0.2, 0.25) is 0 Å². The van der Waals surface area contributed by atoms with Crippen LogP contribution in [0.1, 0.15) is 197 Å². The van der Waals surface area contributed by atoms with E-state index in [0.29, 0.717) is 63.7 Å². The normalized spacial score (nSPS) is 17.5. The second-order valence-electron chi connectivity index (χ2n) is 32.9. The summed E-state index contributed by atoms with van der Waals surface area (Å²) in [6, 6.07) is 36.5. The molecular formula is C89H116N10O16S2. The van der Waals surface area contributed by atoms with Gasteiger partial charge >= 0.3 is 24.3 Å². The molecule has 5 aromatic carbocycles. The van der Waals surface area contributed by atoms with Crippen molar-refractivity contribution in [3.05, 3.63) is 149 Å². The third-order valence-electron chi connectivity index (χ3n) is 21.6. The summed E-state index contributed by atoms with van der Waals surface area (Å²) in [5.41, 5.74) is 8.01. The fourth-order valence-corrected chi connectivity index (χ4v) is 18.4. The van der Waals surface area contributed by atoms with Crippen molar-refractivity contribution in [2.24, 2.45) is 11.8 Å². The molecule has 8 atom stereocenters. The Morgan fingerprint density at radius 3 is 1.64 bits per heavy atom. The van der Waals surface area contributed by atoms with Crippen molar-refractivity contribution in [2.45, 2.75) is 223 Å². The number of fused-ring (bicyclic) bond motifs is 7. The van der Waals surface area contributed by atoms with Gasteiger partial charge in [0.1, 0.15) is 42.2 Å². The number of nitrogens with zero attached hydrogens (tertiary/aromatic N) is 1. The standard InChI is InChI=1S/C89H116N10O16S2/c1-8-25-76(102)73(46-56-39-41-61(42-40-56)114-88(2,3)4)95-81(105)58(27-19-22-43-90-78(103)38-18-17-37-77-79-74(53-117-77)96-84(108)98-79)48-60(101)49-93-80(104)57(47-59(100)50-94-83(107)75-54-116-55-99(75)87(111)115-89(5,6)7)26-20-23-44-91-82(106)72(97-86(110)113-52-71-68-34-15-11-30-64(68)65-31-12-16-35-69(65)71)36-21-24-45-92-85(109)112-51-70-66-32-13-9-28-62(66)63-29-10-14-33-67(63)70/h9-16,28-35,39-42,57-58,70-75,77,79H,8,17-27,36-38,43-55H2,1-7H3,(H,90,103)(H,91,106)(H,92,109)(H,93,104)(H,94,107)(H,95,105)(H,97,110)(H2,96,98,108)/t57-,58-,72+,73+,74?,75?,77?,79?/m1/s1. The van der Waals surface area contributed by atoms with Crippen molar-refractivity contribution in [2.75, 3.05) is 63.3 Å². The molecule has 10 amide bonds. The van der Waals surface area contributed by atoms with E-state index in [2.05, 4.69) is 60.0 Å².